The Morgan fingerprint density at radius 2 is 2.42 bits per heavy atom. The molecule has 0 saturated carbocycles. The topological polar surface area (TPSA) is 41.5 Å². The zero-order chi connectivity index (χ0) is 8.86. The minimum Gasteiger partial charge on any atom is -0.396 e. The number of hydrogen-bond acceptors (Lipinski definition) is 3. The summed E-state index contributed by atoms with van der Waals surface area (Å²) in [6.07, 6.45) is 3.15. The first-order valence-electron chi connectivity index (χ1n) is 4.70. The van der Waals surface area contributed by atoms with Crippen LogP contribution in [0.5, 0.6) is 0 Å². The molecular weight excluding hydrogens is 154 g/mol. The monoisotopic (exact) mass is 173 g/mol. The Morgan fingerprint density at radius 1 is 1.58 bits per heavy atom. The van der Waals surface area contributed by atoms with E-state index >= 15 is 0 Å². The molecule has 1 aliphatic heterocycles. The molecular formula is C9H19NO2. The maximum absolute atomic E-state index is 8.61. The van der Waals surface area contributed by atoms with Crippen LogP contribution in [0.2, 0.25) is 0 Å². The molecule has 1 unspecified atom stereocenters. The van der Waals surface area contributed by atoms with Gasteiger partial charge in [-0.05, 0) is 32.7 Å². The molecule has 1 atom stereocenters. The van der Waals surface area contributed by atoms with E-state index in [0.717, 1.165) is 32.6 Å². The predicted molar refractivity (Wildman–Crippen MR) is 48.2 cm³/mol. The molecule has 72 valence electrons. The number of rotatable bonds is 4. The van der Waals surface area contributed by atoms with Crippen molar-refractivity contribution in [3.8, 4) is 0 Å². The van der Waals surface area contributed by atoms with Crippen LogP contribution in [0.1, 0.15) is 26.2 Å². The quantitative estimate of drug-likeness (QED) is 0.609. The summed E-state index contributed by atoms with van der Waals surface area (Å²) in [5.74, 6) is 0. The van der Waals surface area contributed by atoms with E-state index in [2.05, 4.69) is 12.2 Å². The normalized spacial score (nSPS) is 30.5. The van der Waals surface area contributed by atoms with Gasteiger partial charge in [-0.25, -0.2) is 0 Å². The van der Waals surface area contributed by atoms with Crippen molar-refractivity contribution in [2.24, 2.45) is 0 Å². The van der Waals surface area contributed by atoms with Gasteiger partial charge < -0.3 is 15.2 Å². The molecule has 0 aromatic rings. The highest BCUT2D eigenvalue weighted by atomic mass is 16.5. The standard InChI is InChI=1S/C9H19NO2/c1-9(10-5-3-6-11)4-2-7-12-8-9/h10-11H,2-8H2,1H3. The summed E-state index contributed by atoms with van der Waals surface area (Å²) in [7, 11) is 0. The second kappa shape index (κ2) is 4.80. The van der Waals surface area contributed by atoms with Crippen LogP contribution in [0.25, 0.3) is 0 Å². The SMILES string of the molecule is CC1(NCCCO)CCCOC1. The number of aliphatic hydroxyl groups excluding tert-OH is 1. The first-order valence-corrected chi connectivity index (χ1v) is 4.70. The molecule has 0 aromatic carbocycles. The second-order valence-electron chi connectivity index (χ2n) is 3.72. The fourth-order valence-electron chi connectivity index (χ4n) is 1.54. The van der Waals surface area contributed by atoms with E-state index in [9.17, 15) is 0 Å². The lowest BCUT2D eigenvalue weighted by atomic mass is 9.95. The summed E-state index contributed by atoms with van der Waals surface area (Å²) in [4.78, 5) is 0. The van der Waals surface area contributed by atoms with Crippen molar-refractivity contribution in [2.45, 2.75) is 31.7 Å². The van der Waals surface area contributed by atoms with Gasteiger partial charge in [0.05, 0.1) is 6.61 Å². The third kappa shape index (κ3) is 3.09. The fourth-order valence-corrected chi connectivity index (χ4v) is 1.54. The van der Waals surface area contributed by atoms with Gasteiger partial charge in [0, 0.05) is 18.8 Å². The van der Waals surface area contributed by atoms with Gasteiger partial charge in [0.1, 0.15) is 0 Å². The predicted octanol–water partition coefficient (Wildman–Crippen LogP) is 0.527. The van der Waals surface area contributed by atoms with E-state index in [0.29, 0.717) is 0 Å². The third-order valence-corrected chi connectivity index (χ3v) is 2.32. The van der Waals surface area contributed by atoms with Crippen LogP contribution in [0.15, 0.2) is 0 Å². The van der Waals surface area contributed by atoms with Gasteiger partial charge in [0.15, 0.2) is 0 Å². The molecule has 1 aliphatic rings. The maximum Gasteiger partial charge on any atom is 0.0645 e. The van der Waals surface area contributed by atoms with Crippen LogP contribution in [-0.4, -0.2) is 37.0 Å². The second-order valence-corrected chi connectivity index (χ2v) is 3.72. The Bertz CT molecular complexity index is 122. The van der Waals surface area contributed by atoms with Crippen molar-refractivity contribution < 1.29 is 9.84 Å². The van der Waals surface area contributed by atoms with Gasteiger partial charge in [-0.1, -0.05) is 0 Å². The van der Waals surface area contributed by atoms with Crippen molar-refractivity contribution >= 4 is 0 Å². The minimum absolute atomic E-state index is 0.146. The van der Waals surface area contributed by atoms with Crippen LogP contribution >= 0.6 is 0 Å². The lowest BCUT2D eigenvalue weighted by Crippen LogP contribution is -2.49. The molecule has 0 aromatic heterocycles. The molecule has 0 radical (unpaired) electrons. The van der Waals surface area contributed by atoms with E-state index < -0.39 is 0 Å². The number of nitrogens with one attached hydrogen (secondary N) is 1. The summed E-state index contributed by atoms with van der Waals surface area (Å²) in [6.45, 7) is 5.04. The van der Waals surface area contributed by atoms with Gasteiger partial charge in [-0.15, -0.1) is 0 Å². The molecule has 12 heavy (non-hydrogen) atoms. The van der Waals surface area contributed by atoms with Gasteiger partial charge in [-0.3, -0.25) is 0 Å². The average molecular weight is 173 g/mol. The molecule has 0 aliphatic carbocycles. The number of aliphatic hydroxyl groups is 1. The Hall–Kier alpha value is -0.120. The largest absolute Gasteiger partial charge is 0.396 e. The molecule has 1 rings (SSSR count). The minimum atomic E-state index is 0.146. The van der Waals surface area contributed by atoms with Crippen molar-refractivity contribution in [2.75, 3.05) is 26.4 Å². The summed E-state index contributed by atoms with van der Waals surface area (Å²) in [5, 5.41) is 12.0. The van der Waals surface area contributed by atoms with Crippen molar-refractivity contribution in [1.82, 2.24) is 5.32 Å². The Morgan fingerprint density at radius 3 is 3.00 bits per heavy atom. The van der Waals surface area contributed by atoms with E-state index in [-0.39, 0.29) is 12.1 Å². The highest BCUT2D eigenvalue weighted by Crippen LogP contribution is 2.17. The van der Waals surface area contributed by atoms with Crippen LogP contribution < -0.4 is 5.32 Å². The number of hydrogen-bond donors (Lipinski definition) is 2. The molecule has 0 amide bonds. The zero-order valence-corrected chi connectivity index (χ0v) is 7.81. The summed E-state index contributed by atoms with van der Waals surface area (Å²) in [5.41, 5.74) is 0.146. The van der Waals surface area contributed by atoms with Crippen LogP contribution in [0.3, 0.4) is 0 Å². The van der Waals surface area contributed by atoms with Crippen molar-refractivity contribution in [3.05, 3.63) is 0 Å². The first-order chi connectivity index (χ1) is 5.77. The molecule has 3 nitrogen and oxygen atoms in total. The highest BCUT2D eigenvalue weighted by molar-refractivity contribution is 4.84. The molecule has 1 fully saturated rings. The van der Waals surface area contributed by atoms with Crippen molar-refractivity contribution in [3.63, 3.8) is 0 Å². The molecule has 2 N–H and O–H groups in total. The lowest BCUT2D eigenvalue weighted by molar-refractivity contribution is 0.0281. The van der Waals surface area contributed by atoms with Crippen LogP contribution in [-0.2, 0) is 4.74 Å². The van der Waals surface area contributed by atoms with E-state index in [4.69, 9.17) is 9.84 Å². The van der Waals surface area contributed by atoms with Crippen LogP contribution in [0, 0.1) is 0 Å². The Balaban J connectivity index is 2.17. The lowest BCUT2D eigenvalue weighted by Gasteiger charge is -2.34. The van der Waals surface area contributed by atoms with Gasteiger partial charge in [0.2, 0.25) is 0 Å². The van der Waals surface area contributed by atoms with Crippen LogP contribution in [0.4, 0.5) is 0 Å². The van der Waals surface area contributed by atoms with Gasteiger partial charge >= 0.3 is 0 Å². The third-order valence-electron chi connectivity index (χ3n) is 2.32. The Labute approximate surface area is 74.1 Å². The highest BCUT2D eigenvalue weighted by Gasteiger charge is 2.26. The Kier molecular flexibility index (Phi) is 3.98. The maximum atomic E-state index is 8.61. The fraction of sp³-hybridized carbons (Fsp3) is 1.00. The molecule has 1 heterocycles. The van der Waals surface area contributed by atoms with Crippen molar-refractivity contribution in [1.29, 1.82) is 0 Å². The summed E-state index contributed by atoms with van der Waals surface area (Å²) in [6, 6.07) is 0. The summed E-state index contributed by atoms with van der Waals surface area (Å²) < 4.78 is 5.39. The van der Waals surface area contributed by atoms with Gasteiger partial charge in [0.25, 0.3) is 0 Å². The summed E-state index contributed by atoms with van der Waals surface area (Å²) >= 11 is 0. The smallest absolute Gasteiger partial charge is 0.0645 e. The van der Waals surface area contributed by atoms with E-state index in [1.165, 1.54) is 6.42 Å². The molecule has 3 heteroatoms. The molecule has 0 spiro atoms. The number of ether oxygens (including phenoxy) is 1. The molecule has 0 bridgehead atoms. The first kappa shape index (κ1) is 9.96. The zero-order valence-electron chi connectivity index (χ0n) is 7.81. The molecule has 1 saturated heterocycles. The average Bonchev–Trinajstić information content (AvgIpc) is 2.06. The van der Waals surface area contributed by atoms with E-state index in [1.54, 1.807) is 0 Å². The van der Waals surface area contributed by atoms with Gasteiger partial charge in [-0.2, -0.15) is 0 Å². The van der Waals surface area contributed by atoms with E-state index in [1.807, 2.05) is 0 Å².